The number of hydrogen-bond acceptors (Lipinski definition) is 3. The van der Waals surface area contributed by atoms with Gasteiger partial charge in [0.25, 0.3) is 0 Å². The Morgan fingerprint density at radius 3 is 2.59 bits per heavy atom. The number of rotatable bonds is 4. The van der Waals surface area contributed by atoms with E-state index in [1.165, 1.54) is 0 Å². The van der Waals surface area contributed by atoms with Crippen LogP contribution in [0.15, 0.2) is 18.2 Å². The van der Waals surface area contributed by atoms with Gasteiger partial charge in [0.2, 0.25) is 0 Å². The fraction of sp³-hybridized carbons (Fsp3) is 0.500. The maximum atomic E-state index is 9.30. The zero-order chi connectivity index (χ0) is 12.3. The zero-order valence-electron chi connectivity index (χ0n) is 10.3. The van der Waals surface area contributed by atoms with Crippen LogP contribution >= 0.6 is 0 Å². The number of benzene rings is 1. The summed E-state index contributed by atoms with van der Waals surface area (Å²) in [6.07, 6.45) is 3.02. The fourth-order valence-corrected chi connectivity index (χ4v) is 2.24. The third-order valence-corrected chi connectivity index (χ3v) is 3.44. The second kappa shape index (κ2) is 4.67. The number of methoxy groups -OCH3 is 1. The van der Waals surface area contributed by atoms with Gasteiger partial charge in [-0.05, 0) is 43.9 Å². The number of hydrogen-bond donors (Lipinski definition) is 0. The van der Waals surface area contributed by atoms with Crippen molar-refractivity contribution in [2.24, 2.45) is 0 Å². The molecule has 0 heterocycles. The molecule has 1 saturated carbocycles. The van der Waals surface area contributed by atoms with Crippen LogP contribution in [0.5, 0.6) is 11.5 Å². The molecular weight excluding hydrogens is 214 g/mol. The van der Waals surface area contributed by atoms with Gasteiger partial charge >= 0.3 is 0 Å². The van der Waals surface area contributed by atoms with E-state index in [0.717, 1.165) is 30.6 Å². The average Bonchev–Trinajstić information content (AvgIpc) is 2.30. The minimum atomic E-state index is -0.294. The molecule has 0 aromatic heterocycles. The van der Waals surface area contributed by atoms with Crippen LogP contribution in [0, 0.1) is 11.3 Å². The Balaban J connectivity index is 2.35. The molecule has 0 aliphatic heterocycles. The van der Waals surface area contributed by atoms with Crippen LogP contribution in [0.2, 0.25) is 0 Å². The second-order valence-corrected chi connectivity index (χ2v) is 4.35. The van der Waals surface area contributed by atoms with Crippen molar-refractivity contribution in [3.05, 3.63) is 23.8 Å². The lowest BCUT2D eigenvalue weighted by atomic mass is 9.65. The van der Waals surface area contributed by atoms with Gasteiger partial charge in [0.15, 0.2) is 11.5 Å². The van der Waals surface area contributed by atoms with E-state index >= 15 is 0 Å². The Bertz CT molecular complexity index is 444. The highest BCUT2D eigenvalue weighted by molar-refractivity contribution is 5.48. The molecule has 0 bridgehead atoms. The molecule has 0 saturated heterocycles. The van der Waals surface area contributed by atoms with E-state index in [0.29, 0.717) is 12.4 Å². The zero-order valence-corrected chi connectivity index (χ0v) is 10.3. The highest BCUT2D eigenvalue weighted by Gasteiger charge is 2.39. The van der Waals surface area contributed by atoms with Gasteiger partial charge in [-0.15, -0.1) is 0 Å². The molecular formula is C14H17NO2. The Hall–Kier alpha value is -1.69. The van der Waals surface area contributed by atoms with Gasteiger partial charge < -0.3 is 9.47 Å². The first-order chi connectivity index (χ1) is 8.25. The molecule has 1 aliphatic rings. The molecule has 90 valence electrons. The number of nitriles is 1. The maximum absolute atomic E-state index is 9.30. The largest absolute Gasteiger partial charge is 0.493 e. The number of ether oxygens (including phenoxy) is 2. The first kappa shape index (κ1) is 11.8. The molecule has 2 rings (SSSR count). The summed E-state index contributed by atoms with van der Waals surface area (Å²) in [5.74, 6) is 1.46. The van der Waals surface area contributed by atoms with E-state index in [1.807, 2.05) is 25.1 Å². The number of nitrogens with zero attached hydrogens (tertiary/aromatic N) is 1. The molecule has 3 heteroatoms. The smallest absolute Gasteiger partial charge is 0.161 e. The van der Waals surface area contributed by atoms with Crippen molar-refractivity contribution in [1.82, 2.24) is 0 Å². The summed E-state index contributed by atoms with van der Waals surface area (Å²) in [6, 6.07) is 8.26. The second-order valence-electron chi connectivity index (χ2n) is 4.35. The van der Waals surface area contributed by atoms with Gasteiger partial charge in [-0.3, -0.25) is 0 Å². The predicted molar refractivity (Wildman–Crippen MR) is 65.3 cm³/mol. The van der Waals surface area contributed by atoms with Gasteiger partial charge in [0.1, 0.15) is 0 Å². The van der Waals surface area contributed by atoms with Crippen LogP contribution in [0.4, 0.5) is 0 Å². The van der Waals surface area contributed by atoms with Gasteiger partial charge in [0.05, 0.1) is 25.2 Å². The quantitative estimate of drug-likeness (QED) is 0.799. The topological polar surface area (TPSA) is 42.2 Å². The van der Waals surface area contributed by atoms with Crippen molar-refractivity contribution in [1.29, 1.82) is 5.26 Å². The van der Waals surface area contributed by atoms with E-state index in [1.54, 1.807) is 7.11 Å². The van der Waals surface area contributed by atoms with Crippen molar-refractivity contribution >= 4 is 0 Å². The molecule has 0 atom stereocenters. The SMILES string of the molecule is CCOc1ccc(C2(C#N)CCC2)cc1OC. The van der Waals surface area contributed by atoms with E-state index in [9.17, 15) is 5.26 Å². The molecule has 1 aromatic carbocycles. The lowest BCUT2D eigenvalue weighted by molar-refractivity contribution is 0.303. The fourth-order valence-electron chi connectivity index (χ4n) is 2.24. The molecule has 1 aliphatic carbocycles. The Kier molecular flexibility index (Phi) is 3.23. The minimum absolute atomic E-state index is 0.294. The van der Waals surface area contributed by atoms with E-state index in [4.69, 9.17) is 9.47 Å². The van der Waals surface area contributed by atoms with Crippen LogP contribution in [-0.2, 0) is 5.41 Å². The molecule has 0 N–H and O–H groups in total. The minimum Gasteiger partial charge on any atom is -0.493 e. The lowest BCUT2D eigenvalue weighted by Gasteiger charge is -2.35. The maximum Gasteiger partial charge on any atom is 0.161 e. The highest BCUT2D eigenvalue weighted by atomic mass is 16.5. The average molecular weight is 231 g/mol. The first-order valence-corrected chi connectivity index (χ1v) is 5.98. The molecule has 17 heavy (non-hydrogen) atoms. The summed E-state index contributed by atoms with van der Waals surface area (Å²) in [5.41, 5.74) is 0.754. The van der Waals surface area contributed by atoms with Gasteiger partial charge in [-0.1, -0.05) is 6.07 Å². The molecule has 3 nitrogen and oxygen atoms in total. The molecule has 0 amide bonds. The Morgan fingerprint density at radius 1 is 1.35 bits per heavy atom. The molecule has 0 radical (unpaired) electrons. The van der Waals surface area contributed by atoms with Gasteiger partial charge in [-0.2, -0.15) is 5.26 Å². The Morgan fingerprint density at radius 2 is 2.12 bits per heavy atom. The molecule has 0 spiro atoms. The van der Waals surface area contributed by atoms with Crippen molar-refractivity contribution in [3.63, 3.8) is 0 Å². The van der Waals surface area contributed by atoms with Crippen molar-refractivity contribution in [2.45, 2.75) is 31.6 Å². The summed E-state index contributed by atoms with van der Waals surface area (Å²) < 4.78 is 10.8. The molecule has 0 unspecified atom stereocenters. The normalized spacial score (nSPS) is 16.8. The van der Waals surface area contributed by atoms with Crippen LogP contribution in [0.3, 0.4) is 0 Å². The third-order valence-electron chi connectivity index (χ3n) is 3.44. The summed E-state index contributed by atoms with van der Waals surface area (Å²) >= 11 is 0. The first-order valence-electron chi connectivity index (χ1n) is 5.98. The standard InChI is InChI=1S/C14H17NO2/c1-3-17-12-6-5-11(9-13(12)16-2)14(10-15)7-4-8-14/h5-6,9H,3-4,7-8H2,1-2H3. The van der Waals surface area contributed by atoms with Crippen LogP contribution in [0.1, 0.15) is 31.7 Å². The monoisotopic (exact) mass is 231 g/mol. The predicted octanol–water partition coefficient (Wildman–Crippen LogP) is 3.04. The van der Waals surface area contributed by atoms with Crippen LogP contribution in [-0.4, -0.2) is 13.7 Å². The van der Waals surface area contributed by atoms with Crippen molar-refractivity contribution in [2.75, 3.05) is 13.7 Å². The van der Waals surface area contributed by atoms with E-state index < -0.39 is 0 Å². The summed E-state index contributed by atoms with van der Waals surface area (Å²) in [7, 11) is 1.63. The van der Waals surface area contributed by atoms with Gasteiger partial charge in [0, 0.05) is 0 Å². The molecule has 1 aromatic rings. The van der Waals surface area contributed by atoms with Gasteiger partial charge in [-0.25, -0.2) is 0 Å². The third kappa shape index (κ3) is 1.95. The molecule has 1 fully saturated rings. The van der Waals surface area contributed by atoms with Crippen LogP contribution in [0.25, 0.3) is 0 Å². The lowest BCUT2D eigenvalue weighted by Crippen LogP contribution is -2.32. The Labute approximate surface area is 102 Å². The van der Waals surface area contributed by atoms with Crippen molar-refractivity contribution < 1.29 is 9.47 Å². The van der Waals surface area contributed by atoms with Crippen LogP contribution < -0.4 is 9.47 Å². The summed E-state index contributed by atoms with van der Waals surface area (Å²) in [4.78, 5) is 0. The summed E-state index contributed by atoms with van der Waals surface area (Å²) in [6.45, 7) is 2.55. The summed E-state index contributed by atoms with van der Waals surface area (Å²) in [5, 5.41) is 9.30. The van der Waals surface area contributed by atoms with Crippen molar-refractivity contribution in [3.8, 4) is 17.6 Å². The van der Waals surface area contributed by atoms with E-state index in [-0.39, 0.29) is 5.41 Å². The van der Waals surface area contributed by atoms with E-state index in [2.05, 4.69) is 6.07 Å². The highest BCUT2D eigenvalue weighted by Crippen LogP contribution is 2.45.